The van der Waals surface area contributed by atoms with Crippen LogP contribution in [0.25, 0.3) is 11.2 Å². The number of nitrogens with two attached hydrogens (primary N) is 1. The second-order valence-electron chi connectivity index (χ2n) is 4.03. The van der Waals surface area contributed by atoms with Crippen molar-refractivity contribution in [1.82, 2.24) is 19.1 Å². The molecular formula is C9H14N6O2. The number of rotatable bonds is 2. The van der Waals surface area contributed by atoms with Crippen molar-refractivity contribution in [3.8, 4) is 0 Å². The summed E-state index contributed by atoms with van der Waals surface area (Å²) in [7, 11) is 1.65. The molecule has 2 heterocycles. The fourth-order valence-corrected chi connectivity index (χ4v) is 1.83. The van der Waals surface area contributed by atoms with E-state index in [1.807, 2.05) is 13.8 Å². The highest BCUT2D eigenvalue weighted by atomic mass is 16.2. The zero-order chi connectivity index (χ0) is 12.7. The molecule has 0 aliphatic carbocycles. The minimum Gasteiger partial charge on any atom is -0.306 e. The SMILES string of the molecule is CC(C)n1c(=O)[nH]c(=O)c2c1nc(NN)n2C. The number of anilines is 1. The maximum absolute atomic E-state index is 11.7. The topological polar surface area (TPSA) is 111 Å². The highest BCUT2D eigenvalue weighted by Gasteiger charge is 2.17. The van der Waals surface area contributed by atoms with Crippen molar-refractivity contribution >= 4 is 17.1 Å². The maximum atomic E-state index is 11.7. The quantitative estimate of drug-likeness (QED) is 0.473. The summed E-state index contributed by atoms with van der Waals surface area (Å²) in [4.78, 5) is 29.8. The van der Waals surface area contributed by atoms with E-state index in [1.165, 1.54) is 9.13 Å². The van der Waals surface area contributed by atoms with Crippen molar-refractivity contribution in [1.29, 1.82) is 0 Å². The van der Waals surface area contributed by atoms with Gasteiger partial charge in [0.25, 0.3) is 5.56 Å². The number of H-pyrrole nitrogens is 1. The van der Waals surface area contributed by atoms with Gasteiger partial charge in [0.1, 0.15) is 0 Å². The van der Waals surface area contributed by atoms with Gasteiger partial charge in [-0.3, -0.25) is 19.8 Å². The van der Waals surface area contributed by atoms with Gasteiger partial charge in [-0.2, -0.15) is 4.98 Å². The van der Waals surface area contributed by atoms with E-state index in [0.29, 0.717) is 17.1 Å². The van der Waals surface area contributed by atoms with Gasteiger partial charge in [-0.25, -0.2) is 10.6 Å². The Labute approximate surface area is 96.0 Å². The van der Waals surface area contributed by atoms with Crippen LogP contribution < -0.4 is 22.5 Å². The van der Waals surface area contributed by atoms with Crippen LogP contribution in [0.1, 0.15) is 19.9 Å². The number of hydrogen-bond donors (Lipinski definition) is 3. The summed E-state index contributed by atoms with van der Waals surface area (Å²) in [5.74, 6) is 5.62. The van der Waals surface area contributed by atoms with Gasteiger partial charge in [0.2, 0.25) is 5.95 Å². The molecule has 8 heteroatoms. The monoisotopic (exact) mass is 238 g/mol. The summed E-state index contributed by atoms with van der Waals surface area (Å²) in [6, 6.07) is -0.109. The lowest BCUT2D eigenvalue weighted by Gasteiger charge is -2.08. The second-order valence-corrected chi connectivity index (χ2v) is 4.03. The molecule has 0 spiro atoms. The Morgan fingerprint density at radius 1 is 1.41 bits per heavy atom. The third-order valence-electron chi connectivity index (χ3n) is 2.60. The summed E-state index contributed by atoms with van der Waals surface area (Å²) < 4.78 is 2.92. The molecule has 0 radical (unpaired) electrons. The van der Waals surface area contributed by atoms with Crippen LogP contribution in [-0.2, 0) is 7.05 Å². The maximum Gasteiger partial charge on any atom is 0.330 e. The molecule has 17 heavy (non-hydrogen) atoms. The normalized spacial score (nSPS) is 11.4. The van der Waals surface area contributed by atoms with Crippen molar-refractivity contribution in [2.75, 3.05) is 5.43 Å². The van der Waals surface area contributed by atoms with Crippen molar-refractivity contribution in [3.63, 3.8) is 0 Å². The molecule has 0 aliphatic heterocycles. The smallest absolute Gasteiger partial charge is 0.306 e. The number of nitrogens with one attached hydrogen (secondary N) is 2. The van der Waals surface area contributed by atoms with Crippen LogP contribution >= 0.6 is 0 Å². The average Bonchev–Trinajstić information content (AvgIpc) is 2.55. The van der Waals surface area contributed by atoms with Gasteiger partial charge < -0.3 is 4.57 Å². The first-order valence-electron chi connectivity index (χ1n) is 5.15. The first-order valence-corrected chi connectivity index (χ1v) is 5.15. The van der Waals surface area contributed by atoms with Crippen LogP contribution in [0.3, 0.4) is 0 Å². The summed E-state index contributed by atoms with van der Waals surface area (Å²) in [6.45, 7) is 3.67. The molecule has 8 nitrogen and oxygen atoms in total. The Bertz CT molecular complexity index is 677. The molecule has 2 aromatic rings. The largest absolute Gasteiger partial charge is 0.330 e. The molecule has 0 saturated carbocycles. The number of aromatic amines is 1. The number of nitrogen functional groups attached to an aromatic ring is 1. The number of aryl methyl sites for hydroxylation is 1. The average molecular weight is 238 g/mol. The second kappa shape index (κ2) is 3.74. The predicted molar refractivity (Wildman–Crippen MR) is 63.8 cm³/mol. The predicted octanol–water partition coefficient (Wildman–Crippen LogP) is -0.710. The third-order valence-corrected chi connectivity index (χ3v) is 2.60. The fourth-order valence-electron chi connectivity index (χ4n) is 1.83. The number of fused-ring (bicyclic) bond motifs is 1. The minimum absolute atomic E-state index is 0.109. The zero-order valence-corrected chi connectivity index (χ0v) is 9.81. The summed E-state index contributed by atoms with van der Waals surface area (Å²) >= 11 is 0. The van der Waals surface area contributed by atoms with Crippen molar-refractivity contribution in [2.45, 2.75) is 19.9 Å². The summed E-state index contributed by atoms with van der Waals surface area (Å²) in [5, 5.41) is 0. The molecule has 2 aromatic heterocycles. The Balaban J connectivity index is 3.02. The lowest BCUT2D eigenvalue weighted by Crippen LogP contribution is -2.31. The molecule has 0 saturated heterocycles. The van der Waals surface area contributed by atoms with E-state index in [9.17, 15) is 9.59 Å². The van der Waals surface area contributed by atoms with Gasteiger partial charge in [-0.1, -0.05) is 0 Å². The van der Waals surface area contributed by atoms with Crippen LogP contribution in [0.15, 0.2) is 9.59 Å². The molecule has 2 rings (SSSR count). The Hall–Kier alpha value is -2.09. The molecular weight excluding hydrogens is 224 g/mol. The van der Waals surface area contributed by atoms with Gasteiger partial charge >= 0.3 is 5.69 Å². The molecule has 0 bridgehead atoms. The minimum atomic E-state index is -0.474. The third kappa shape index (κ3) is 1.53. The number of hydrazine groups is 1. The van der Waals surface area contributed by atoms with Gasteiger partial charge in [0.05, 0.1) is 0 Å². The summed E-state index contributed by atoms with van der Waals surface area (Å²) in [5.41, 5.74) is 2.07. The number of imidazole rings is 1. The van der Waals surface area contributed by atoms with Crippen LogP contribution in [0.4, 0.5) is 5.95 Å². The number of nitrogens with zero attached hydrogens (tertiary/aromatic N) is 3. The van der Waals surface area contributed by atoms with Crippen LogP contribution in [-0.4, -0.2) is 19.1 Å². The Kier molecular flexibility index (Phi) is 2.50. The number of hydrogen-bond acceptors (Lipinski definition) is 5. The zero-order valence-electron chi connectivity index (χ0n) is 9.81. The lowest BCUT2D eigenvalue weighted by molar-refractivity contribution is 0.580. The molecule has 4 N–H and O–H groups in total. The first kappa shape index (κ1) is 11.4. The van der Waals surface area contributed by atoms with Gasteiger partial charge in [0, 0.05) is 13.1 Å². The fraction of sp³-hybridized carbons (Fsp3) is 0.444. The van der Waals surface area contributed by atoms with Gasteiger partial charge in [-0.05, 0) is 13.8 Å². The van der Waals surface area contributed by atoms with E-state index in [4.69, 9.17) is 5.84 Å². The van der Waals surface area contributed by atoms with E-state index >= 15 is 0 Å². The van der Waals surface area contributed by atoms with Gasteiger partial charge in [0.15, 0.2) is 11.2 Å². The molecule has 0 atom stereocenters. The first-order chi connectivity index (χ1) is 7.97. The van der Waals surface area contributed by atoms with E-state index < -0.39 is 11.2 Å². The van der Waals surface area contributed by atoms with E-state index in [0.717, 1.165) is 0 Å². The molecule has 0 amide bonds. The molecule has 0 unspecified atom stereocenters. The van der Waals surface area contributed by atoms with Gasteiger partial charge in [-0.15, -0.1) is 0 Å². The van der Waals surface area contributed by atoms with Crippen molar-refractivity contribution < 1.29 is 0 Å². The Morgan fingerprint density at radius 2 is 2.06 bits per heavy atom. The summed E-state index contributed by atoms with van der Waals surface area (Å²) in [6.07, 6.45) is 0. The highest BCUT2D eigenvalue weighted by Crippen LogP contribution is 2.14. The number of aromatic nitrogens is 4. The van der Waals surface area contributed by atoms with E-state index in [1.54, 1.807) is 7.05 Å². The van der Waals surface area contributed by atoms with Crippen molar-refractivity contribution in [3.05, 3.63) is 20.8 Å². The van der Waals surface area contributed by atoms with Crippen molar-refractivity contribution in [2.24, 2.45) is 12.9 Å². The Morgan fingerprint density at radius 3 is 2.59 bits per heavy atom. The van der Waals surface area contributed by atoms with E-state index in [2.05, 4.69) is 15.4 Å². The molecule has 0 fully saturated rings. The standard InChI is InChI=1S/C9H14N6O2/c1-4(2)15-6-5(7(16)12-9(15)17)14(3)8(11-6)13-10/h4H,10H2,1-3H3,(H,11,13)(H,12,16,17). The molecule has 0 aromatic carbocycles. The van der Waals surface area contributed by atoms with Crippen LogP contribution in [0.2, 0.25) is 0 Å². The molecule has 92 valence electrons. The lowest BCUT2D eigenvalue weighted by atomic mass is 10.4. The van der Waals surface area contributed by atoms with Crippen LogP contribution in [0.5, 0.6) is 0 Å². The van der Waals surface area contributed by atoms with E-state index in [-0.39, 0.29) is 6.04 Å². The highest BCUT2D eigenvalue weighted by molar-refractivity contribution is 5.73. The van der Waals surface area contributed by atoms with Crippen LogP contribution in [0, 0.1) is 0 Å². The molecule has 0 aliphatic rings.